The number of hydrogen-bond acceptors (Lipinski definition) is 4. The van der Waals surface area contributed by atoms with Crippen LogP contribution in [0.2, 0.25) is 0 Å². The fraction of sp³-hybridized carbons (Fsp3) is 0.500. The summed E-state index contributed by atoms with van der Waals surface area (Å²) in [5, 5.41) is 5.86. The predicted octanol–water partition coefficient (Wildman–Crippen LogP) is 2.56. The zero-order chi connectivity index (χ0) is 16.7. The summed E-state index contributed by atoms with van der Waals surface area (Å²) in [6, 6.07) is 7.35. The topological polar surface area (TPSA) is 98.0 Å². The van der Waals surface area contributed by atoms with E-state index in [4.69, 9.17) is 15.2 Å². The quantitative estimate of drug-likeness (QED) is 0.339. The van der Waals surface area contributed by atoms with Crippen LogP contribution < -0.4 is 21.1 Å². The Hall–Kier alpha value is -1.71. The molecule has 24 heavy (non-hydrogen) atoms. The van der Waals surface area contributed by atoms with Crippen LogP contribution in [0.15, 0.2) is 29.3 Å². The molecule has 1 aromatic rings. The number of halogens is 1. The van der Waals surface area contributed by atoms with Crippen molar-refractivity contribution in [2.24, 2.45) is 16.6 Å². The van der Waals surface area contributed by atoms with E-state index in [1.165, 1.54) is 0 Å². The highest BCUT2D eigenvalue weighted by Crippen LogP contribution is 2.32. The van der Waals surface area contributed by atoms with Crippen LogP contribution in [-0.4, -0.2) is 38.4 Å². The van der Waals surface area contributed by atoms with Gasteiger partial charge in [0.05, 0.1) is 26.3 Å². The molecule has 1 fully saturated rings. The highest BCUT2D eigenvalue weighted by molar-refractivity contribution is 14.0. The number of carbonyl (C=O) groups is 1. The van der Waals surface area contributed by atoms with Gasteiger partial charge in [0.25, 0.3) is 0 Å². The molecule has 4 N–H and O–H groups in total. The van der Waals surface area contributed by atoms with Crippen molar-refractivity contribution in [1.82, 2.24) is 5.32 Å². The van der Waals surface area contributed by atoms with Gasteiger partial charge in [-0.3, -0.25) is 4.99 Å². The van der Waals surface area contributed by atoms with Crippen LogP contribution in [-0.2, 0) is 4.74 Å². The second-order valence-electron chi connectivity index (χ2n) is 5.39. The largest absolute Gasteiger partial charge is 0.497 e. The Morgan fingerprint density at radius 1 is 1.38 bits per heavy atom. The molecule has 1 aromatic carbocycles. The van der Waals surface area contributed by atoms with E-state index in [-0.39, 0.29) is 30.0 Å². The van der Waals surface area contributed by atoms with Crippen LogP contribution in [0, 0.1) is 5.92 Å². The molecule has 0 aliphatic heterocycles. The fourth-order valence-electron chi connectivity index (χ4n) is 2.19. The van der Waals surface area contributed by atoms with E-state index in [2.05, 4.69) is 15.6 Å². The molecule has 1 saturated carbocycles. The minimum Gasteiger partial charge on any atom is -0.497 e. The number of nitrogens with one attached hydrogen (secondary N) is 2. The molecule has 1 atom stereocenters. The first-order valence-electron chi connectivity index (χ1n) is 7.76. The summed E-state index contributed by atoms with van der Waals surface area (Å²) in [5.74, 6) is 1.54. The third-order valence-electron chi connectivity index (χ3n) is 3.59. The van der Waals surface area contributed by atoms with E-state index in [9.17, 15) is 4.79 Å². The minimum atomic E-state index is -0.402. The average molecular weight is 448 g/mol. The highest BCUT2D eigenvalue weighted by atomic mass is 127. The predicted molar refractivity (Wildman–Crippen MR) is 105 cm³/mol. The Kier molecular flexibility index (Phi) is 8.66. The minimum absolute atomic E-state index is 0. The van der Waals surface area contributed by atoms with Crippen molar-refractivity contribution < 1.29 is 14.3 Å². The SMILES string of the molecule is CCOC(=O)NC(CN=C(N)Nc1ccc(OC)cc1)C1CC1.I. The number of benzene rings is 1. The van der Waals surface area contributed by atoms with Gasteiger partial charge in [-0.05, 0) is 49.9 Å². The van der Waals surface area contributed by atoms with Crippen molar-refractivity contribution in [3.8, 4) is 5.75 Å². The lowest BCUT2D eigenvalue weighted by molar-refractivity contribution is 0.147. The van der Waals surface area contributed by atoms with Crippen molar-refractivity contribution >= 4 is 41.7 Å². The Balaban J connectivity index is 0.00000288. The number of guanidine groups is 1. The number of methoxy groups -OCH3 is 1. The third-order valence-corrected chi connectivity index (χ3v) is 3.59. The van der Waals surface area contributed by atoms with Gasteiger partial charge in [0.15, 0.2) is 5.96 Å². The number of alkyl carbamates (subject to hydrolysis) is 1. The summed E-state index contributed by atoms with van der Waals surface area (Å²) in [4.78, 5) is 15.9. The number of anilines is 1. The van der Waals surface area contributed by atoms with Crippen LogP contribution in [0.25, 0.3) is 0 Å². The summed E-state index contributed by atoms with van der Waals surface area (Å²) in [7, 11) is 1.62. The number of carbonyl (C=O) groups excluding carboxylic acids is 1. The Bertz CT molecular complexity index is 547. The molecule has 0 spiro atoms. The lowest BCUT2D eigenvalue weighted by atomic mass is 10.2. The van der Waals surface area contributed by atoms with Gasteiger partial charge in [0, 0.05) is 5.69 Å². The summed E-state index contributed by atoms with van der Waals surface area (Å²) in [5.41, 5.74) is 6.73. The molecule has 8 heteroatoms. The van der Waals surface area contributed by atoms with Crippen molar-refractivity contribution in [2.75, 3.05) is 25.6 Å². The first kappa shape index (κ1) is 20.3. The molecular weight excluding hydrogens is 423 g/mol. The van der Waals surface area contributed by atoms with Crippen LogP contribution >= 0.6 is 24.0 Å². The summed E-state index contributed by atoms with van der Waals surface area (Å²) >= 11 is 0. The number of rotatable bonds is 7. The van der Waals surface area contributed by atoms with Gasteiger partial charge in [-0.25, -0.2) is 4.79 Å². The maximum absolute atomic E-state index is 11.5. The standard InChI is InChI=1S/C16H24N4O3.HI/c1-3-23-16(21)20-14(11-4-5-11)10-18-15(17)19-12-6-8-13(22-2)9-7-12;/h6-9,11,14H,3-5,10H2,1-2H3,(H,20,21)(H3,17,18,19);1H. The molecule has 1 aliphatic carbocycles. The molecule has 134 valence electrons. The van der Waals surface area contributed by atoms with E-state index in [0.29, 0.717) is 25.0 Å². The molecule has 2 rings (SSSR count). The molecule has 0 radical (unpaired) electrons. The van der Waals surface area contributed by atoms with Crippen molar-refractivity contribution in [3.63, 3.8) is 0 Å². The van der Waals surface area contributed by atoms with Crippen LogP contribution in [0.5, 0.6) is 5.75 Å². The molecule has 0 heterocycles. The van der Waals surface area contributed by atoms with E-state index in [1.807, 2.05) is 24.3 Å². The van der Waals surface area contributed by atoms with Crippen molar-refractivity contribution in [3.05, 3.63) is 24.3 Å². The van der Waals surface area contributed by atoms with Gasteiger partial charge in [-0.1, -0.05) is 0 Å². The molecule has 1 aliphatic rings. The first-order valence-corrected chi connectivity index (χ1v) is 7.76. The number of nitrogens with zero attached hydrogens (tertiary/aromatic N) is 1. The molecule has 7 nitrogen and oxygen atoms in total. The zero-order valence-electron chi connectivity index (χ0n) is 14.0. The van der Waals surface area contributed by atoms with Crippen molar-refractivity contribution in [2.45, 2.75) is 25.8 Å². The lowest BCUT2D eigenvalue weighted by Crippen LogP contribution is -2.39. The summed E-state index contributed by atoms with van der Waals surface area (Å²) in [6.07, 6.45) is 1.79. The Morgan fingerprint density at radius 3 is 2.58 bits per heavy atom. The summed E-state index contributed by atoms with van der Waals surface area (Å²) < 4.78 is 10.0. The van der Waals surface area contributed by atoms with Gasteiger partial charge in [-0.15, -0.1) is 24.0 Å². The normalized spacial score (nSPS) is 15.0. The average Bonchev–Trinajstić information content (AvgIpc) is 3.37. The number of aliphatic imine (C=N–C) groups is 1. The number of hydrogen-bond donors (Lipinski definition) is 3. The molecule has 0 aromatic heterocycles. The molecule has 0 bridgehead atoms. The molecule has 1 amide bonds. The highest BCUT2D eigenvalue weighted by Gasteiger charge is 2.32. The number of ether oxygens (including phenoxy) is 2. The maximum Gasteiger partial charge on any atom is 0.407 e. The van der Waals surface area contributed by atoms with Crippen LogP contribution in [0.4, 0.5) is 10.5 Å². The second-order valence-corrected chi connectivity index (χ2v) is 5.39. The fourth-order valence-corrected chi connectivity index (χ4v) is 2.19. The lowest BCUT2D eigenvalue weighted by Gasteiger charge is -2.16. The molecular formula is C16H25IN4O3. The van der Waals surface area contributed by atoms with Crippen molar-refractivity contribution in [1.29, 1.82) is 0 Å². The number of amides is 1. The third kappa shape index (κ3) is 6.81. The molecule has 0 saturated heterocycles. The van der Waals surface area contributed by atoms with Crippen LogP contribution in [0.3, 0.4) is 0 Å². The molecule has 1 unspecified atom stereocenters. The van der Waals surface area contributed by atoms with Gasteiger partial charge >= 0.3 is 6.09 Å². The van der Waals surface area contributed by atoms with E-state index >= 15 is 0 Å². The maximum atomic E-state index is 11.5. The smallest absolute Gasteiger partial charge is 0.407 e. The first-order chi connectivity index (χ1) is 11.1. The summed E-state index contributed by atoms with van der Waals surface area (Å²) in [6.45, 7) is 2.56. The van der Waals surface area contributed by atoms with Gasteiger partial charge in [-0.2, -0.15) is 0 Å². The Morgan fingerprint density at radius 2 is 2.04 bits per heavy atom. The van der Waals surface area contributed by atoms with E-state index in [1.54, 1.807) is 14.0 Å². The van der Waals surface area contributed by atoms with Gasteiger partial charge in [0.1, 0.15) is 5.75 Å². The van der Waals surface area contributed by atoms with Crippen LogP contribution in [0.1, 0.15) is 19.8 Å². The van der Waals surface area contributed by atoms with Gasteiger partial charge in [0.2, 0.25) is 0 Å². The monoisotopic (exact) mass is 448 g/mol. The zero-order valence-corrected chi connectivity index (χ0v) is 16.3. The van der Waals surface area contributed by atoms with E-state index < -0.39 is 6.09 Å². The Labute approximate surface area is 159 Å². The second kappa shape index (κ2) is 10.2. The number of nitrogens with two attached hydrogens (primary N) is 1. The van der Waals surface area contributed by atoms with E-state index in [0.717, 1.165) is 24.3 Å². The van der Waals surface area contributed by atoms with Gasteiger partial charge < -0.3 is 25.8 Å².